The van der Waals surface area contributed by atoms with E-state index in [4.69, 9.17) is 11.6 Å². The fraction of sp³-hybridized carbons (Fsp3) is 0. The van der Waals surface area contributed by atoms with Gasteiger partial charge in [0.05, 0.1) is 4.70 Å². The van der Waals surface area contributed by atoms with Gasteiger partial charge in [0.15, 0.2) is 10.1 Å². The number of pyridine rings is 1. The fourth-order valence-corrected chi connectivity index (χ4v) is 1.72. The molecule has 0 saturated carbocycles. The zero-order valence-corrected chi connectivity index (χ0v) is 7.71. The molecule has 2 nitrogen and oxygen atoms in total. The summed E-state index contributed by atoms with van der Waals surface area (Å²) in [5, 5.41) is 0. The van der Waals surface area contributed by atoms with E-state index in [-0.39, 0.29) is 12.4 Å². The molecule has 58 valence electrons. The number of thiazole rings is 1. The van der Waals surface area contributed by atoms with Crippen LogP contribution in [0.1, 0.15) is 0 Å². The smallest absolute Gasteiger partial charge is 0.186 e. The van der Waals surface area contributed by atoms with E-state index >= 15 is 0 Å². The third-order valence-electron chi connectivity index (χ3n) is 1.14. The number of hydrogen-bond acceptors (Lipinski definition) is 3. The molecule has 0 aromatic carbocycles. The Morgan fingerprint density at radius 2 is 2.27 bits per heavy atom. The van der Waals surface area contributed by atoms with Crippen LogP contribution in [0.5, 0.6) is 0 Å². The molecule has 0 N–H and O–H groups in total. The quantitative estimate of drug-likeness (QED) is 0.663. The molecule has 2 heterocycles. The van der Waals surface area contributed by atoms with Gasteiger partial charge in [-0.05, 0) is 12.1 Å². The highest BCUT2D eigenvalue weighted by Gasteiger charge is 1.98. The minimum atomic E-state index is 0. The van der Waals surface area contributed by atoms with Crippen LogP contribution in [-0.4, -0.2) is 9.97 Å². The van der Waals surface area contributed by atoms with Gasteiger partial charge in [-0.2, -0.15) is 0 Å². The molecular weight excluding hydrogens is 203 g/mol. The van der Waals surface area contributed by atoms with Gasteiger partial charge in [0.25, 0.3) is 0 Å². The maximum absolute atomic E-state index is 5.65. The van der Waals surface area contributed by atoms with Crippen LogP contribution in [0.25, 0.3) is 10.3 Å². The Morgan fingerprint density at radius 1 is 1.45 bits per heavy atom. The van der Waals surface area contributed by atoms with E-state index < -0.39 is 0 Å². The SMILES string of the molecule is Cl.Clc1nc2ncccc2s1. The van der Waals surface area contributed by atoms with Gasteiger partial charge < -0.3 is 0 Å². The Hall–Kier alpha value is -0.380. The van der Waals surface area contributed by atoms with E-state index in [9.17, 15) is 0 Å². The summed E-state index contributed by atoms with van der Waals surface area (Å²) in [6, 6.07) is 3.82. The number of fused-ring (bicyclic) bond motifs is 1. The third-order valence-corrected chi connectivity index (χ3v) is 2.25. The van der Waals surface area contributed by atoms with E-state index in [0.29, 0.717) is 4.47 Å². The summed E-state index contributed by atoms with van der Waals surface area (Å²) in [6.45, 7) is 0. The van der Waals surface area contributed by atoms with Crippen LogP contribution in [0, 0.1) is 0 Å². The first kappa shape index (κ1) is 8.71. The summed E-state index contributed by atoms with van der Waals surface area (Å²) in [5.74, 6) is 0. The van der Waals surface area contributed by atoms with Gasteiger partial charge in [0.1, 0.15) is 0 Å². The Labute approximate surface area is 78.6 Å². The predicted octanol–water partition coefficient (Wildman–Crippen LogP) is 2.77. The van der Waals surface area contributed by atoms with Crippen LogP contribution in [0.4, 0.5) is 0 Å². The molecule has 0 aliphatic carbocycles. The lowest BCUT2D eigenvalue weighted by atomic mass is 10.5. The Balaban J connectivity index is 0.000000605. The summed E-state index contributed by atoms with van der Waals surface area (Å²) in [7, 11) is 0. The second kappa shape index (κ2) is 3.34. The summed E-state index contributed by atoms with van der Waals surface area (Å²) >= 11 is 7.09. The highest BCUT2D eigenvalue weighted by Crippen LogP contribution is 2.22. The lowest BCUT2D eigenvalue weighted by molar-refractivity contribution is 1.33. The number of aromatic nitrogens is 2. The molecule has 0 aliphatic heterocycles. The van der Waals surface area contributed by atoms with Gasteiger partial charge in [-0.1, -0.05) is 11.6 Å². The summed E-state index contributed by atoms with van der Waals surface area (Å²) in [4.78, 5) is 8.00. The molecule has 2 aromatic heterocycles. The number of nitrogens with zero attached hydrogens (tertiary/aromatic N) is 2. The minimum absolute atomic E-state index is 0. The van der Waals surface area contributed by atoms with Gasteiger partial charge in [-0.3, -0.25) is 0 Å². The molecule has 0 unspecified atom stereocenters. The van der Waals surface area contributed by atoms with Crippen molar-refractivity contribution in [3.63, 3.8) is 0 Å². The average molecular weight is 207 g/mol. The van der Waals surface area contributed by atoms with Crippen molar-refractivity contribution in [3.8, 4) is 0 Å². The highest BCUT2D eigenvalue weighted by atomic mass is 35.5. The summed E-state index contributed by atoms with van der Waals surface area (Å²) in [6.07, 6.45) is 1.71. The molecule has 2 rings (SSSR count). The van der Waals surface area contributed by atoms with Crippen molar-refractivity contribution in [1.82, 2.24) is 9.97 Å². The molecule has 0 aliphatic rings. The van der Waals surface area contributed by atoms with E-state index in [1.807, 2.05) is 12.1 Å². The topological polar surface area (TPSA) is 25.8 Å². The zero-order valence-electron chi connectivity index (χ0n) is 5.32. The van der Waals surface area contributed by atoms with Crippen LogP contribution in [0.2, 0.25) is 4.47 Å². The molecule has 11 heavy (non-hydrogen) atoms. The van der Waals surface area contributed by atoms with Crippen LogP contribution in [0.3, 0.4) is 0 Å². The van der Waals surface area contributed by atoms with Crippen molar-refractivity contribution in [3.05, 3.63) is 22.8 Å². The molecule has 0 atom stereocenters. The van der Waals surface area contributed by atoms with Crippen molar-refractivity contribution in [1.29, 1.82) is 0 Å². The van der Waals surface area contributed by atoms with Gasteiger partial charge in [-0.25, -0.2) is 9.97 Å². The maximum atomic E-state index is 5.65. The molecule has 5 heteroatoms. The van der Waals surface area contributed by atoms with Crippen molar-refractivity contribution in [2.75, 3.05) is 0 Å². The molecule has 0 radical (unpaired) electrons. The van der Waals surface area contributed by atoms with Crippen molar-refractivity contribution in [2.24, 2.45) is 0 Å². The van der Waals surface area contributed by atoms with Gasteiger partial charge in [0.2, 0.25) is 0 Å². The molecule has 0 bridgehead atoms. The molecular formula is C6H4Cl2N2S. The van der Waals surface area contributed by atoms with E-state index in [1.165, 1.54) is 11.3 Å². The van der Waals surface area contributed by atoms with E-state index in [1.54, 1.807) is 6.20 Å². The predicted molar refractivity (Wildman–Crippen MR) is 49.7 cm³/mol. The van der Waals surface area contributed by atoms with Crippen LogP contribution in [0.15, 0.2) is 18.3 Å². The normalized spacial score (nSPS) is 9.55. The fourth-order valence-electron chi connectivity index (χ4n) is 0.743. The van der Waals surface area contributed by atoms with Gasteiger partial charge >= 0.3 is 0 Å². The Kier molecular flexibility index (Phi) is 2.65. The second-order valence-corrected chi connectivity index (χ2v) is 3.40. The van der Waals surface area contributed by atoms with Crippen molar-refractivity contribution >= 4 is 45.7 Å². The molecule has 2 aromatic rings. The number of halogens is 2. The van der Waals surface area contributed by atoms with Gasteiger partial charge in [0, 0.05) is 6.20 Å². The molecule has 0 amide bonds. The second-order valence-electron chi connectivity index (χ2n) is 1.79. The van der Waals surface area contributed by atoms with Crippen LogP contribution in [-0.2, 0) is 0 Å². The summed E-state index contributed by atoms with van der Waals surface area (Å²) in [5.41, 5.74) is 0.734. The molecule has 0 saturated heterocycles. The third kappa shape index (κ3) is 1.61. The molecule has 0 fully saturated rings. The summed E-state index contributed by atoms with van der Waals surface area (Å²) < 4.78 is 1.58. The number of rotatable bonds is 0. The maximum Gasteiger partial charge on any atom is 0.186 e. The number of hydrogen-bond donors (Lipinski definition) is 0. The lowest BCUT2D eigenvalue weighted by Gasteiger charge is -1.79. The Morgan fingerprint density at radius 3 is 3.00 bits per heavy atom. The first-order valence-electron chi connectivity index (χ1n) is 2.73. The highest BCUT2D eigenvalue weighted by molar-refractivity contribution is 7.22. The van der Waals surface area contributed by atoms with Crippen LogP contribution < -0.4 is 0 Å². The Bertz CT molecular complexity index is 327. The lowest BCUT2D eigenvalue weighted by Crippen LogP contribution is -1.70. The standard InChI is InChI=1S/C6H3ClN2S.ClH/c7-6-9-5-4(10-6)2-1-3-8-5;/h1-3H;1H. The molecule has 0 spiro atoms. The van der Waals surface area contributed by atoms with Crippen molar-refractivity contribution < 1.29 is 0 Å². The zero-order chi connectivity index (χ0) is 6.97. The van der Waals surface area contributed by atoms with E-state index in [2.05, 4.69) is 9.97 Å². The first-order valence-corrected chi connectivity index (χ1v) is 3.93. The van der Waals surface area contributed by atoms with Gasteiger partial charge in [-0.15, -0.1) is 23.7 Å². The average Bonchev–Trinajstić information content (AvgIpc) is 2.27. The van der Waals surface area contributed by atoms with Crippen LogP contribution >= 0.6 is 35.3 Å². The van der Waals surface area contributed by atoms with E-state index in [0.717, 1.165) is 10.3 Å². The minimum Gasteiger partial charge on any atom is -0.236 e. The monoisotopic (exact) mass is 206 g/mol. The van der Waals surface area contributed by atoms with Crippen molar-refractivity contribution in [2.45, 2.75) is 0 Å². The largest absolute Gasteiger partial charge is 0.236 e. The first-order chi connectivity index (χ1) is 4.86.